The number of ether oxygens (including phenoxy) is 5. The molecule has 0 aromatic heterocycles. The molecule has 0 saturated carbocycles. The third-order valence-electron chi connectivity index (χ3n) is 11.9. The van der Waals surface area contributed by atoms with E-state index in [0.717, 1.165) is 0 Å². The van der Waals surface area contributed by atoms with Crippen LogP contribution in [0.25, 0.3) is 10.8 Å². The summed E-state index contributed by atoms with van der Waals surface area (Å²) in [4.78, 5) is 50.6. The number of phenols is 2. The van der Waals surface area contributed by atoms with E-state index >= 15 is 0 Å². The molecule has 308 valence electrons. The number of amides is 1. The van der Waals surface area contributed by atoms with Crippen LogP contribution in [0, 0.1) is 30.6 Å². The Kier molecular flexibility index (Phi) is 11.6. The number of rotatable bonds is 2. The Morgan fingerprint density at radius 1 is 0.930 bits per heavy atom. The molecule has 2 aromatic rings. The number of aliphatic hydroxyl groups excluding tert-OH is 2. The molecular weight excluding hydrogens is 738 g/mol. The van der Waals surface area contributed by atoms with Crippen LogP contribution in [0.5, 0.6) is 17.2 Å². The number of aromatic hydroxyl groups is 2. The average Bonchev–Trinajstić information content (AvgIpc) is 3.67. The van der Waals surface area contributed by atoms with Gasteiger partial charge < -0.3 is 49.4 Å². The number of nitrogens with one attached hydrogen (secondary N) is 1. The van der Waals surface area contributed by atoms with Crippen LogP contribution in [-0.4, -0.2) is 94.3 Å². The summed E-state index contributed by atoms with van der Waals surface area (Å²) < 4.78 is 29.4. The Morgan fingerprint density at radius 2 is 1.60 bits per heavy atom. The van der Waals surface area contributed by atoms with Crippen LogP contribution in [0.1, 0.15) is 77.2 Å². The van der Waals surface area contributed by atoms with Gasteiger partial charge in [-0.1, -0.05) is 45.9 Å². The number of ketones is 1. The van der Waals surface area contributed by atoms with E-state index in [1.54, 1.807) is 52.8 Å². The van der Waals surface area contributed by atoms with Crippen molar-refractivity contribution in [3.63, 3.8) is 0 Å². The van der Waals surface area contributed by atoms with Gasteiger partial charge >= 0.3 is 11.8 Å². The lowest BCUT2D eigenvalue weighted by molar-refractivity contribution is -0.160. The second kappa shape index (κ2) is 15.8. The van der Waals surface area contributed by atoms with Crippen LogP contribution in [0.2, 0.25) is 0 Å². The zero-order valence-electron chi connectivity index (χ0n) is 33.8. The summed E-state index contributed by atoms with van der Waals surface area (Å²) >= 11 is 0. The SMILES string of the molecule is CO[C@H]1/C=C/O[C@@]2(C)Oc3c(C)c(O)c4c(O)c(c5c(c4c3C2=O)=NC2(CCOCC2)N=5)NC(=O)/C(C)=C\C=C\[C@H](C)[C@H](O)[C@@H](C)[C@@H](O)[C@@H](C)[C@H](OC(C)=O)[C@@H]1C. The monoisotopic (exact) mass is 791 g/mol. The lowest BCUT2D eigenvalue weighted by Crippen LogP contribution is -2.46. The van der Waals surface area contributed by atoms with Crippen molar-refractivity contribution in [3.8, 4) is 17.2 Å². The van der Waals surface area contributed by atoms with Crippen LogP contribution in [0.15, 0.2) is 46.1 Å². The van der Waals surface area contributed by atoms with E-state index in [-0.39, 0.29) is 55.4 Å². The summed E-state index contributed by atoms with van der Waals surface area (Å²) in [5.74, 6) is -7.01. The molecule has 1 fully saturated rings. The summed E-state index contributed by atoms with van der Waals surface area (Å²) in [5.41, 5.74) is -0.706. The number of aliphatic hydroxyl groups is 2. The Hall–Kier alpha value is -4.83. The number of phenolic OH excluding ortho intramolecular Hbond substituents is 2. The minimum absolute atomic E-state index is 0.0131. The molecule has 4 aliphatic heterocycles. The number of esters is 1. The maximum absolute atomic E-state index is 14.6. The van der Waals surface area contributed by atoms with Gasteiger partial charge in [-0.2, -0.15) is 0 Å². The average molecular weight is 792 g/mol. The molecule has 57 heavy (non-hydrogen) atoms. The topological polar surface area (TPSA) is 215 Å². The summed E-state index contributed by atoms with van der Waals surface area (Å²) in [6.45, 7) is 13.5. The van der Waals surface area contributed by atoms with E-state index in [1.807, 2.05) is 0 Å². The second-order valence-electron chi connectivity index (χ2n) is 15.9. The fourth-order valence-electron chi connectivity index (χ4n) is 8.29. The molecule has 0 aliphatic carbocycles. The number of hydrogen-bond donors (Lipinski definition) is 5. The third-order valence-corrected chi connectivity index (χ3v) is 11.9. The van der Waals surface area contributed by atoms with Gasteiger partial charge in [0, 0.05) is 74.0 Å². The molecule has 2 aromatic carbocycles. The van der Waals surface area contributed by atoms with Gasteiger partial charge in [0.05, 0.1) is 54.1 Å². The molecule has 4 aliphatic rings. The fourth-order valence-corrected chi connectivity index (χ4v) is 8.29. The molecule has 15 heteroatoms. The van der Waals surface area contributed by atoms with Crippen molar-refractivity contribution in [3.05, 3.63) is 58.0 Å². The van der Waals surface area contributed by atoms with Crippen molar-refractivity contribution in [2.75, 3.05) is 25.6 Å². The number of hydrogen-bond acceptors (Lipinski definition) is 14. The number of fused-ring (bicyclic) bond motifs is 1. The molecule has 9 atom stereocenters. The number of carbonyl (C=O) groups excluding carboxylic acids is 3. The first-order chi connectivity index (χ1) is 26.9. The highest BCUT2D eigenvalue weighted by molar-refractivity contribution is 6.19. The minimum atomic E-state index is -1.96. The van der Waals surface area contributed by atoms with Gasteiger partial charge in [0.1, 0.15) is 28.6 Å². The number of nitrogens with zero attached hydrogens (tertiary/aromatic N) is 2. The minimum Gasteiger partial charge on any atom is -0.507 e. The highest BCUT2D eigenvalue weighted by atomic mass is 16.7. The van der Waals surface area contributed by atoms with Crippen LogP contribution >= 0.6 is 0 Å². The van der Waals surface area contributed by atoms with Crippen molar-refractivity contribution < 1.29 is 58.5 Å². The van der Waals surface area contributed by atoms with Gasteiger partial charge in [0.2, 0.25) is 0 Å². The Morgan fingerprint density at radius 3 is 2.25 bits per heavy atom. The van der Waals surface area contributed by atoms with Gasteiger partial charge in [-0.3, -0.25) is 24.4 Å². The first-order valence-corrected chi connectivity index (χ1v) is 19.3. The Balaban J connectivity index is 1.55. The maximum atomic E-state index is 14.6. The zero-order valence-corrected chi connectivity index (χ0v) is 33.8. The van der Waals surface area contributed by atoms with Crippen molar-refractivity contribution in [2.45, 2.75) is 104 Å². The number of Topliss-reactive ketones (excluding diaryl/α,β-unsaturated/α-hetero) is 1. The number of allylic oxidation sites excluding steroid dienone is 2. The van der Waals surface area contributed by atoms with Gasteiger partial charge in [-0.25, -0.2) is 0 Å². The normalized spacial score (nSPS) is 33.6. The van der Waals surface area contributed by atoms with Crippen LogP contribution in [0.4, 0.5) is 5.69 Å². The largest absolute Gasteiger partial charge is 0.507 e. The molecule has 4 heterocycles. The molecule has 5 N–H and O–H groups in total. The quantitative estimate of drug-likeness (QED) is 0.217. The summed E-state index contributed by atoms with van der Waals surface area (Å²) in [7, 11) is 1.46. The number of anilines is 1. The molecule has 0 radical (unpaired) electrons. The second-order valence-corrected chi connectivity index (χ2v) is 15.9. The van der Waals surface area contributed by atoms with Crippen LogP contribution < -0.4 is 20.8 Å². The summed E-state index contributed by atoms with van der Waals surface area (Å²) in [6.07, 6.45) is 4.66. The first kappa shape index (κ1) is 41.8. The van der Waals surface area contributed by atoms with Crippen molar-refractivity contribution in [1.29, 1.82) is 0 Å². The Bertz CT molecular complexity index is 2190. The van der Waals surface area contributed by atoms with Crippen molar-refractivity contribution in [1.82, 2.24) is 0 Å². The number of benzene rings is 2. The molecule has 1 amide bonds. The standard InChI is InChI=1S/C42H53N3O12/c1-19-11-10-12-20(2)40(52)43-32-31-30(44-42(45-31)14-17-54-18-15-42)27-28(36(32)50)35(49)24(6)38-29(27)39(51)41(8,57-38)55-16-13-26(53-9)21(3)37(56-25(7)46)23(5)34(48)22(4)33(19)47/h10-13,16,19,21-23,26,33-34,37,47-50H,14-15,17-18H2,1-9H3,(H,43,52)/b11-10+,16-13+,20-12-/t19-,21+,22+,23+,26-,33-,34+,37+,41-/m0/s1. The summed E-state index contributed by atoms with van der Waals surface area (Å²) in [5, 5.41) is 49.6. The number of carbonyl (C=O) groups is 3. The van der Waals surface area contributed by atoms with E-state index in [1.165, 1.54) is 40.2 Å². The number of methoxy groups -OCH3 is 1. The zero-order chi connectivity index (χ0) is 41.7. The highest BCUT2D eigenvalue weighted by Gasteiger charge is 2.50. The first-order valence-electron chi connectivity index (χ1n) is 19.3. The predicted octanol–water partition coefficient (Wildman–Crippen LogP) is 3.81. The lowest BCUT2D eigenvalue weighted by atomic mass is 9.78. The van der Waals surface area contributed by atoms with Crippen LogP contribution in [-0.2, 0) is 28.5 Å². The lowest BCUT2D eigenvalue weighted by Gasteiger charge is -2.38. The van der Waals surface area contributed by atoms with Gasteiger partial charge in [-0.15, -0.1) is 0 Å². The molecule has 1 saturated heterocycles. The van der Waals surface area contributed by atoms with Crippen LogP contribution in [0.3, 0.4) is 0 Å². The van der Waals surface area contributed by atoms with Gasteiger partial charge in [-0.05, 0) is 19.9 Å². The highest BCUT2D eigenvalue weighted by Crippen LogP contribution is 2.50. The predicted molar refractivity (Wildman–Crippen MR) is 207 cm³/mol. The van der Waals surface area contributed by atoms with E-state index < -0.39 is 82.9 Å². The van der Waals surface area contributed by atoms with E-state index in [2.05, 4.69) is 5.32 Å². The van der Waals surface area contributed by atoms with E-state index in [0.29, 0.717) is 26.1 Å². The molecular formula is C42H53N3O12. The molecule has 4 bridgehead atoms. The Labute approximate surface area is 330 Å². The van der Waals surface area contributed by atoms with Crippen molar-refractivity contribution >= 4 is 34.1 Å². The van der Waals surface area contributed by atoms with Gasteiger partial charge in [0.15, 0.2) is 11.4 Å². The van der Waals surface area contributed by atoms with Crippen molar-refractivity contribution in [2.24, 2.45) is 33.7 Å². The summed E-state index contributed by atoms with van der Waals surface area (Å²) in [6, 6.07) is 0. The maximum Gasteiger partial charge on any atom is 0.312 e. The van der Waals surface area contributed by atoms with Gasteiger partial charge in [0.25, 0.3) is 11.7 Å². The van der Waals surface area contributed by atoms with E-state index in [9.17, 15) is 34.8 Å². The molecule has 1 spiro atoms. The molecule has 6 rings (SSSR count). The molecule has 0 unspecified atom stereocenters. The fraction of sp³-hybridized carbons (Fsp3) is 0.548. The third kappa shape index (κ3) is 7.41. The molecule has 15 nitrogen and oxygen atoms in total. The van der Waals surface area contributed by atoms with E-state index in [4.69, 9.17) is 33.7 Å². The smallest absolute Gasteiger partial charge is 0.312 e.